The van der Waals surface area contributed by atoms with Crippen molar-refractivity contribution in [3.63, 3.8) is 0 Å². The van der Waals surface area contributed by atoms with Gasteiger partial charge in [-0.05, 0) is 30.3 Å². The predicted molar refractivity (Wildman–Crippen MR) is 146 cm³/mol. The fourth-order valence-corrected chi connectivity index (χ4v) is 4.51. The van der Waals surface area contributed by atoms with Gasteiger partial charge in [0.2, 0.25) is 5.91 Å². The molecule has 9 nitrogen and oxygen atoms in total. The summed E-state index contributed by atoms with van der Waals surface area (Å²) < 4.78 is 0. The normalized spacial score (nSPS) is 13.6. The van der Waals surface area contributed by atoms with E-state index in [0.717, 1.165) is 29.7 Å². The van der Waals surface area contributed by atoms with E-state index in [0.29, 0.717) is 54.2 Å². The van der Waals surface area contributed by atoms with Crippen molar-refractivity contribution >= 4 is 46.0 Å². The molecule has 5 rings (SSSR count). The van der Waals surface area contributed by atoms with Gasteiger partial charge >= 0.3 is 0 Å². The van der Waals surface area contributed by atoms with Crippen molar-refractivity contribution in [3.05, 3.63) is 71.4 Å². The van der Waals surface area contributed by atoms with Crippen LogP contribution in [0.4, 0.5) is 11.5 Å². The summed E-state index contributed by atoms with van der Waals surface area (Å²) in [6.45, 7) is 5.12. The van der Waals surface area contributed by atoms with E-state index in [-0.39, 0.29) is 11.8 Å². The van der Waals surface area contributed by atoms with Crippen LogP contribution < -0.4 is 15.5 Å². The van der Waals surface area contributed by atoms with Gasteiger partial charge in [-0.25, -0.2) is 9.97 Å². The molecule has 0 atom stereocenters. The number of fused-ring (bicyclic) bond motifs is 1. The number of piperazine rings is 1. The minimum Gasteiger partial charge on any atom is -0.368 e. The van der Waals surface area contributed by atoms with Gasteiger partial charge in [0.1, 0.15) is 17.2 Å². The summed E-state index contributed by atoms with van der Waals surface area (Å²) in [5, 5.41) is 7.49. The summed E-state index contributed by atoms with van der Waals surface area (Å²) in [6.07, 6.45) is 0. The van der Waals surface area contributed by atoms with Gasteiger partial charge in [-0.1, -0.05) is 41.9 Å². The molecule has 10 heteroatoms. The zero-order chi connectivity index (χ0) is 25.8. The molecule has 1 aliphatic heterocycles. The number of H-pyrrole nitrogens is 1. The van der Waals surface area contributed by atoms with E-state index in [1.165, 1.54) is 6.92 Å². The van der Waals surface area contributed by atoms with E-state index in [9.17, 15) is 9.59 Å². The predicted octanol–water partition coefficient (Wildman–Crippen LogP) is 3.79. The van der Waals surface area contributed by atoms with Crippen molar-refractivity contribution in [2.24, 2.45) is 0 Å². The SMILES string of the molecule is CC(=O)NCCNc1nc(-c2ccccc2)nc2[nH]c(C(=O)N3CCN(c4ccc(Cl)cc4)CC3)cc12. The molecule has 0 unspecified atom stereocenters. The number of halogens is 1. The van der Waals surface area contributed by atoms with Crippen LogP contribution in [0.15, 0.2) is 60.7 Å². The lowest BCUT2D eigenvalue weighted by Gasteiger charge is -2.36. The van der Waals surface area contributed by atoms with Crippen molar-refractivity contribution in [1.29, 1.82) is 0 Å². The van der Waals surface area contributed by atoms with E-state index >= 15 is 0 Å². The molecule has 1 aliphatic rings. The lowest BCUT2D eigenvalue weighted by atomic mass is 10.2. The number of nitrogens with one attached hydrogen (secondary N) is 3. The van der Waals surface area contributed by atoms with Crippen LogP contribution in [0.1, 0.15) is 17.4 Å². The second kappa shape index (κ2) is 10.9. The Labute approximate surface area is 219 Å². The summed E-state index contributed by atoms with van der Waals surface area (Å²) >= 11 is 6.01. The van der Waals surface area contributed by atoms with Gasteiger partial charge in [0.05, 0.1) is 5.39 Å². The first kappa shape index (κ1) is 24.6. The number of rotatable bonds is 7. The number of amides is 2. The first-order valence-corrected chi connectivity index (χ1v) is 12.6. The molecule has 1 fully saturated rings. The zero-order valence-electron chi connectivity index (χ0n) is 20.5. The van der Waals surface area contributed by atoms with Crippen molar-refractivity contribution in [2.75, 3.05) is 49.5 Å². The second-order valence-electron chi connectivity index (χ2n) is 8.87. The topological polar surface area (TPSA) is 106 Å². The Hall–Kier alpha value is -4.11. The molecule has 3 heterocycles. The lowest BCUT2D eigenvalue weighted by Crippen LogP contribution is -2.48. The third kappa shape index (κ3) is 5.67. The number of carbonyl (C=O) groups excluding carboxylic acids is 2. The van der Waals surface area contributed by atoms with E-state index in [1.807, 2.05) is 59.5 Å². The number of hydrogen-bond acceptors (Lipinski definition) is 6. The van der Waals surface area contributed by atoms with Crippen molar-refractivity contribution < 1.29 is 9.59 Å². The summed E-state index contributed by atoms with van der Waals surface area (Å²) in [4.78, 5) is 41.4. The van der Waals surface area contributed by atoms with Crippen LogP contribution in [-0.4, -0.2) is 70.9 Å². The maximum absolute atomic E-state index is 13.4. The Morgan fingerprint density at radius 2 is 1.70 bits per heavy atom. The minimum absolute atomic E-state index is 0.0702. The average Bonchev–Trinajstić information content (AvgIpc) is 3.36. The highest BCUT2D eigenvalue weighted by Crippen LogP contribution is 2.27. The van der Waals surface area contributed by atoms with Crippen LogP contribution in [0.5, 0.6) is 0 Å². The van der Waals surface area contributed by atoms with E-state index < -0.39 is 0 Å². The van der Waals surface area contributed by atoms with Gasteiger partial charge in [0.15, 0.2) is 5.82 Å². The highest BCUT2D eigenvalue weighted by Gasteiger charge is 2.24. The van der Waals surface area contributed by atoms with Crippen LogP contribution >= 0.6 is 11.6 Å². The quantitative estimate of drug-likeness (QED) is 0.322. The van der Waals surface area contributed by atoms with Gasteiger partial charge in [-0.2, -0.15) is 0 Å². The van der Waals surface area contributed by atoms with Crippen LogP contribution in [0.25, 0.3) is 22.4 Å². The van der Waals surface area contributed by atoms with Crippen LogP contribution in [0.2, 0.25) is 5.02 Å². The number of hydrogen-bond donors (Lipinski definition) is 3. The summed E-state index contributed by atoms with van der Waals surface area (Å²) in [6, 6.07) is 19.2. The first-order chi connectivity index (χ1) is 18.0. The van der Waals surface area contributed by atoms with E-state index in [4.69, 9.17) is 21.6 Å². The number of benzene rings is 2. The third-order valence-electron chi connectivity index (χ3n) is 6.30. The Morgan fingerprint density at radius 1 is 0.973 bits per heavy atom. The molecule has 4 aromatic rings. The van der Waals surface area contributed by atoms with E-state index in [2.05, 4.69) is 20.5 Å². The molecule has 2 amide bonds. The molecular weight excluding hydrogens is 490 g/mol. The van der Waals surface area contributed by atoms with Crippen molar-refractivity contribution in [2.45, 2.75) is 6.92 Å². The summed E-state index contributed by atoms with van der Waals surface area (Å²) in [7, 11) is 0. The zero-order valence-corrected chi connectivity index (χ0v) is 21.3. The molecule has 3 N–H and O–H groups in total. The number of aromatic nitrogens is 3. The molecule has 1 saturated heterocycles. The molecule has 0 spiro atoms. The monoisotopic (exact) mass is 517 g/mol. The number of anilines is 2. The van der Waals surface area contributed by atoms with E-state index in [1.54, 1.807) is 6.07 Å². The lowest BCUT2D eigenvalue weighted by molar-refractivity contribution is -0.118. The van der Waals surface area contributed by atoms with Crippen molar-refractivity contribution in [1.82, 2.24) is 25.2 Å². The summed E-state index contributed by atoms with van der Waals surface area (Å²) in [5.41, 5.74) is 3.02. The van der Waals surface area contributed by atoms with Crippen LogP contribution in [-0.2, 0) is 4.79 Å². The van der Waals surface area contributed by atoms with Gasteiger partial charge in [0.25, 0.3) is 5.91 Å². The maximum Gasteiger partial charge on any atom is 0.270 e. The standard InChI is InChI=1S/C27H28ClN7O2/c1-18(36)29-11-12-30-25-22-17-23(31-26(22)33-24(32-25)19-5-3-2-4-6-19)27(37)35-15-13-34(14-16-35)21-9-7-20(28)8-10-21/h2-10,17H,11-16H2,1H3,(H,29,36)(H2,30,31,32,33). The van der Waals surface area contributed by atoms with Crippen molar-refractivity contribution in [3.8, 4) is 11.4 Å². The van der Waals surface area contributed by atoms with Gasteiger partial charge < -0.3 is 25.4 Å². The smallest absolute Gasteiger partial charge is 0.270 e. The Kier molecular flexibility index (Phi) is 7.23. The first-order valence-electron chi connectivity index (χ1n) is 12.2. The number of nitrogens with zero attached hydrogens (tertiary/aromatic N) is 4. The molecular formula is C27H28ClN7O2. The molecule has 190 valence electrons. The highest BCUT2D eigenvalue weighted by molar-refractivity contribution is 6.30. The van der Waals surface area contributed by atoms with Gasteiger partial charge in [-0.3, -0.25) is 9.59 Å². The Morgan fingerprint density at radius 3 is 2.41 bits per heavy atom. The second-order valence-corrected chi connectivity index (χ2v) is 9.31. The molecule has 2 aromatic carbocycles. The fourth-order valence-electron chi connectivity index (χ4n) is 4.39. The molecule has 0 saturated carbocycles. The fraction of sp³-hybridized carbons (Fsp3) is 0.259. The minimum atomic E-state index is -0.0923. The summed E-state index contributed by atoms with van der Waals surface area (Å²) in [5.74, 6) is 0.995. The van der Waals surface area contributed by atoms with Crippen LogP contribution in [0, 0.1) is 0 Å². The Bertz CT molecular complexity index is 1400. The van der Waals surface area contributed by atoms with Gasteiger partial charge in [0, 0.05) is 62.5 Å². The average molecular weight is 518 g/mol. The Balaban J connectivity index is 1.36. The van der Waals surface area contributed by atoms with Crippen LogP contribution in [0.3, 0.4) is 0 Å². The number of aromatic amines is 1. The molecule has 0 bridgehead atoms. The third-order valence-corrected chi connectivity index (χ3v) is 6.55. The largest absolute Gasteiger partial charge is 0.368 e. The molecule has 37 heavy (non-hydrogen) atoms. The maximum atomic E-state index is 13.4. The molecule has 2 aromatic heterocycles. The highest BCUT2D eigenvalue weighted by atomic mass is 35.5. The molecule has 0 aliphatic carbocycles. The number of carbonyl (C=O) groups is 2. The molecule has 0 radical (unpaired) electrons. The van der Waals surface area contributed by atoms with Gasteiger partial charge in [-0.15, -0.1) is 0 Å².